The first kappa shape index (κ1) is 19.3. The highest BCUT2D eigenvalue weighted by Gasteiger charge is 2.25. The van der Waals surface area contributed by atoms with Crippen molar-refractivity contribution < 1.29 is 9.84 Å². The molecule has 9 heteroatoms. The molecule has 4 rings (SSSR count). The van der Waals surface area contributed by atoms with Crippen LogP contribution in [-0.4, -0.2) is 50.0 Å². The molecule has 1 aromatic carbocycles. The van der Waals surface area contributed by atoms with Crippen LogP contribution in [0.15, 0.2) is 33.9 Å². The number of anilines is 1. The van der Waals surface area contributed by atoms with Crippen LogP contribution < -0.4 is 20.9 Å². The summed E-state index contributed by atoms with van der Waals surface area (Å²) in [6.45, 7) is 3.80. The van der Waals surface area contributed by atoms with Gasteiger partial charge in [-0.1, -0.05) is 18.2 Å². The molecule has 0 unspecified atom stereocenters. The van der Waals surface area contributed by atoms with E-state index < -0.39 is 17.4 Å². The van der Waals surface area contributed by atoms with Crippen LogP contribution in [0.5, 0.6) is 5.75 Å². The largest absolute Gasteiger partial charge is 0.491 e. The van der Waals surface area contributed by atoms with Crippen molar-refractivity contribution in [3.05, 3.63) is 50.7 Å². The molecule has 1 aliphatic heterocycles. The predicted octanol–water partition coefficient (Wildman–Crippen LogP) is 0.772. The molecule has 0 spiro atoms. The Labute approximate surface area is 167 Å². The Bertz CT molecular complexity index is 1140. The minimum atomic E-state index is -0.856. The quantitative estimate of drug-likeness (QED) is 0.634. The Kier molecular flexibility index (Phi) is 5.14. The van der Waals surface area contributed by atoms with Gasteiger partial charge in [-0.05, 0) is 31.4 Å². The minimum Gasteiger partial charge on any atom is -0.491 e. The van der Waals surface area contributed by atoms with Crippen molar-refractivity contribution in [3.8, 4) is 5.75 Å². The molecule has 1 fully saturated rings. The van der Waals surface area contributed by atoms with Crippen LogP contribution in [0.4, 0.5) is 5.95 Å². The van der Waals surface area contributed by atoms with E-state index in [1.54, 1.807) is 11.6 Å². The lowest BCUT2D eigenvalue weighted by Crippen LogP contribution is -2.31. The molecule has 0 aliphatic carbocycles. The number of benzene rings is 1. The summed E-state index contributed by atoms with van der Waals surface area (Å²) in [4.78, 5) is 33.5. The molecule has 154 valence electrons. The number of H-pyrrole nitrogens is 1. The number of para-hydroxylation sites is 1. The maximum atomic E-state index is 12.5. The smallest absolute Gasteiger partial charge is 0.329 e. The number of fused-ring (bicyclic) bond motifs is 1. The zero-order valence-corrected chi connectivity index (χ0v) is 16.6. The topological polar surface area (TPSA) is 105 Å². The fourth-order valence-corrected chi connectivity index (χ4v) is 3.72. The van der Waals surface area contributed by atoms with E-state index in [0.29, 0.717) is 17.3 Å². The van der Waals surface area contributed by atoms with Crippen molar-refractivity contribution in [2.75, 3.05) is 24.6 Å². The van der Waals surface area contributed by atoms with Gasteiger partial charge in [-0.3, -0.25) is 14.3 Å². The molecule has 1 aliphatic rings. The van der Waals surface area contributed by atoms with Crippen LogP contribution in [0.2, 0.25) is 0 Å². The average molecular weight is 399 g/mol. The van der Waals surface area contributed by atoms with Gasteiger partial charge < -0.3 is 19.3 Å². The molecule has 0 bridgehead atoms. The van der Waals surface area contributed by atoms with Crippen LogP contribution in [0, 0.1) is 6.92 Å². The van der Waals surface area contributed by atoms with E-state index in [0.717, 1.165) is 31.5 Å². The van der Waals surface area contributed by atoms with Crippen LogP contribution >= 0.6 is 0 Å². The van der Waals surface area contributed by atoms with Gasteiger partial charge in [0.05, 0.1) is 6.54 Å². The van der Waals surface area contributed by atoms with Crippen molar-refractivity contribution in [3.63, 3.8) is 0 Å². The molecular formula is C20H25N5O4. The maximum absolute atomic E-state index is 12.5. The fourth-order valence-electron chi connectivity index (χ4n) is 3.72. The summed E-state index contributed by atoms with van der Waals surface area (Å²) in [6.07, 6.45) is 1.22. The number of imidazole rings is 1. The highest BCUT2D eigenvalue weighted by atomic mass is 16.5. The summed E-state index contributed by atoms with van der Waals surface area (Å²) in [5.41, 5.74) is 0.560. The average Bonchev–Trinajstić information content (AvgIpc) is 3.34. The summed E-state index contributed by atoms with van der Waals surface area (Å²) < 4.78 is 8.78. The number of rotatable bonds is 6. The lowest BCUT2D eigenvalue weighted by Gasteiger charge is -2.20. The number of aryl methyl sites for hydroxylation is 2. The highest BCUT2D eigenvalue weighted by molar-refractivity contribution is 5.74. The standard InChI is InChI=1S/C20H25N5O4/c1-13-7-3-4-8-15(13)29-12-14(26)11-25-16-17(23(2)20(28)22-18(16)27)21-19(25)24-9-5-6-10-24/h3-4,7-8,14,26H,5-6,9-12H2,1-2H3,(H,22,27,28)/t14-/m0/s1. The van der Waals surface area contributed by atoms with Gasteiger partial charge in [0.1, 0.15) is 18.5 Å². The molecule has 3 aromatic rings. The third-order valence-electron chi connectivity index (χ3n) is 5.29. The number of aromatic nitrogens is 4. The van der Waals surface area contributed by atoms with Gasteiger partial charge in [0.15, 0.2) is 11.2 Å². The van der Waals surface area contributed by atoms with Crippen LogP contribution in [0.1, 0.15) is 18.4 Å². The number of hydrogen-bond donors (Lipinski definition) is 2. The number of aliphatic hydroxyl groups is 1. The second-order valence-electron chi connectivity index (χ2n) is 7.44. The Morgan fingerprint density at radius 1 is 1.24 bits per heavy atom. The minimum absolute atomic E-state index is 0.0770. The number of nitrogens with zero attached hydrogens (tertiary/aromatic N) is 4. The summed E-state index contributed by atoms with van der Waals surface area (Å²) in [6, 6.07) is 7.60. The lowest BCUT2D eigenvalue weighted by molar-refractivity contribution is 0.0933. The summed E-state index contributed by atoms with van der Waals surface area (Å²) in [5, 5.41) is 10.6. The van der Waals surface area contributed by atoms with Gasteiger partial charge >= 0.3 is 5.69 Å². The fraction of sp³-hybridized carbons (Fsp3) is 0.450. The molecule has 3 heterocycles. The molecular weight excluding hydrogens is 374 g/mol. The molecule has 9 nitrogen and oxygen atoms in total. The molecule has 1 atom stereocenters. The van der Waals surface area contributed by atoms with Gasteiger partial charge in [0.25, 0.3) is 5.56 Å². The normalized spacial score (nSPS) is 15.2. The van der Waals surface area contributed by atoms with Gasteiger partial charge in [-0.25, -0.2) is 4.79 Å². The van der Waals surface area contributed by atoms with Crippen molar-refractivity contribution in [1.82, 2.24) is 19.1 Å². The molecule has 0 radical (unpaired) electrons. The molecule has 2 aromatic heterocycles. The molecule has 0 saturated carbocycles. The first-order valence-electron chi connectivity index (χ1n) is 9.76. The van der Waals surface area contributed by atoms with E-state index in [1.165, 1.54) is 4.57 Å². The van der Waals surface area contributed by atoms with E-state index >= 15 is 0 Å². The Morgan fingerprint density at radius 2 is 1.97 bits per heavy atom. The summed E-state index contributed by atoms with van der Waals surface area (Å²) in [5.74, 6) is 1.31. The Balaban J connectivity index is 1.67. The lowest BCUT2D eigenvalue weighted by atomic mass is 10.2. The third-order valence-corrected chi connectivity index (χ3v) is 5.29. The summed E-state index contributed by atoms with van der Waals surface area (Å²) in [7, 11) is 1.57. The van der Waals surface area contributed by atoms with Crippen molar-refractivity contribution in [2.45, 2.75) is 32.4 Å². The van der Waals surface area contributed by atoms with E-state index in [1.807, 2.05) is 31.2 Å². The molecule has 29 heavy (non-hydrogen) atoms. The second kappa shape index (κ2) is 7.75. The zero-order valence-electron chi connectivity index (χ0n) is 16.6. The number of aliphatic hydroxyl groups excluding tert-OH is 1. The number of hydrogen-bond acceptors (Lipinski definition) is 6. The van der Waals surface area contributed by atoms with E-state index in [4.69, 9.17) is 4.74 Å². The SMILES string of the molecule is Cc1ccccc1OC[C@@H](O)Cn1c(N2CCCC2)nc2c1c(=O)[nH]c(=O)n2C. The van der Waals surface area contributed by atoms with Crippen LogP contribution in [0.25, 0.3) is 11.2 Å². The number of aromatic amines is 1. The molecule has 2 N–H and O–H groups in total. The van der Waals surface area contributed by atoms with Crippen LogP contribution in [0.3, 0.4) is 0 Å². The molecule has 0 amide bonds. The summed E-state index contributed by atoms with van der Waals surface area (Å²) >= 11 is 0. The van der Waals surface area contributed by atoms with Crippen molar-refractivity contribution in [1.29, 1.82) is 0 Å². The predicted molar refractivity (Wildman–Crippen MR) is 110 cm³/mol. The van der Waals surface area contributed by atoms with E-state index in [9.17, 15) is 14.7 Å². The van der Waals surface area contributed by atoms with E-state index in [2.05, 4.69) is 14.9 Å². The first-order valence-corrected chi connectivity index (χ1v) is 9.76. The Morgan fingerprint density at radius 3 is 2.69 bits per heavy atom. The Hall–Kier alpha value is -3.07. The van der Waals surface area contributed by atoms with Gasteiger partial charge in [0, 0.05) is 20.1 Å². The zero-order chi connectivity index (χ0) is 20.5. The van der Waals surface area contributed by atoms with Crippen LogP contribution in [-0.2, 0) is 13.6 Å². The molecule has 1 saturated heterocycles. The van der Waals surface area contributed by atoms with Gasteiger partial charge in [-0.15, -0.1) is 0 Å². The number of ether oxygens (including phenoxy) is 1. The van der Waals surface area contributed by atoms with Crippen molar-refractivity contribution in [2.24, 2.45) is 7.05 Å². The van der Waals surface area contributed by atoms with E-state index in [-0.39, 0.29) is 18.7 Å². The second-order valence-corrected chi connectivity index (χ2v) is 7.44. The number of nitrogens with one attached hydrogen (secondary N) is 1. The third kappa shape index (κ3) is 3.65. The maximum Gasteiger partial charge on any atom is 0.329 e. The first-order chi connectivity index (χ1) is 14.0. The van der Waals surface area contributed by atoms with Crippen molar-refractivity contribution >= 4 is 17.1 Å². The van der Waals surface area contributed by atoms with Gasteiger partial charge in [-0.2, -0.15) is 4.98 Å². The highest BCUT2D eigenvalue weighted by Crippen LogP contribution is 2.24. The monoisotopic (exact) mass is 399 g/mol. The van der Waals surface area contributed by atoms with Gasteiger partial charge in [0.2, 0.25) is 5.95 Å².